The number of aryl methyl sites for hydroxylation is 1. The number of hydrogen-bond donors (Lipinski definition) is 1. The molecular weight excluding hydrogens is 521 g/mol. The van der Waals surface area contributed by atoms with Crippen molar-refractivity contribution in [1.82, 2.24) is 5.06 Å². The summed E-state index contributed by atoms with van der Waals surface area (Å²) in [5, 5.41) is 10.7. The van der Waals surface area contributed by atoms with E-state index in [0.717, 1.165) is 23.3 Å². The van der Waals surface area contributed by atoms with Crippen LogP contribution in [0.4, 0.5) is 36.4 Å². The lowest BCUT2D eigenvalue weighted by molar-refractivity contribution is -0.376. The van der Waals surface area contributed by atoms with Crippen molar-refractivity contribution in [2.45, 2.75) is 48.2 Å². The van der Waals surface area contributed by atoms with Gasteiger partial charge in [0, 0.05) is 12.6 Å². The van der Waals surface area contributed by atoms with E-state index in [9.17, 15) is 44.8 Å². The molecular formula is C22H21F7N2O4S. The number of rotatable bonds is 6. The predicted molar refractivity (Wildman–Crippen MR) is 114 cm³/mol. The second kappa shape index (κ2) is 9.98. The quantitative estimate of drug-likeness (QED) is 0.434. The first-order valence-corrected chi connectivity index (χ1v) is 11.5. The molecule has 0 fully saturated rings. The summed E-state index contributed by atoms with van der Waals surface area (Å²) in [6.45, 7) is 0. The van der Waals surface area contributed by atoms with Crippen molar-refractivity contribution >= 4 is 22.6 Å². The van der Waals surface area contributed by atoms with Gasteiger partial charge in [-0.15, -0.1) is 0 Å². The van der Waals surface area contributed by atoms with E-state index in [0.29, 0.717) is 12.1 Å². The van der Waals surface area contributed by atoms with E-state index in [-0.39, 0.29) is 35.4 Å². The molecule has 6 nitrogen and oxygen atoms in total. The standard InChI is InChI=1S/C22H21F7N2O4S/c1-30(35-2)19(32)12-16-7-3-13-11-14(20(33,21(24,25)26)22(27,28)29)4-10-18(13)31(16)36(34)17-8-5-15(23)6-9-17/h4-6,8-11,16,33H,3,7,12H2,1-2H3/t16-,36?/m0/s1. The monoisotopic (exact) mass is 542 g/mol. The molecule has 36 heavy (non-hydrogen) atoms. The molecule has 0 bridgehead atoms. The van der Waals surface area contributed by atoms with Crippen molar-refractivity contribution in [3.05, 3.63) is 59.4 Å². The zero-order chi connectivity index (χ0) is 27.1. The summed E-state index contributed by atoms with van der Waals surface area (Å²) >= 11 is 0. The Labute approximate surface area is 203 Å². The minimum atomic E-state index is -6.07. The highest BCUT2D eigenvalue weighted by molar-refractivity contribution is 7.86. The summed E-state index contributed by atoms with van der Waals surface area (Å²) in [4.78, 5) is 17.4. The number of benzene rings is 2. The first kappa shape index (κ1) is 27.9. The molecule has 14 heteroatoms. The minimum absolute atomic E-state index is 0.0113. The molecule has 0 saturated heterocycles. The molecule has 2 aromatic carbocycles. The molecule has 2 atom stereocenters. The summed E-state index contributed by atoms with van der Waals surface area (Å²) in [5.41, 5.74) is -6.59. The SMILES string of the molecule is CON(C)C(=O)C[C@@H]1CCc2cc(C(O)(C(F)(F)F)C(F)(F)F)ccc2N1S(=O)c1ccc(F)cc1. The highest BCUT2D eigenvalue weighted by Crippen LogP contribution is 2.51. The van der Waals surface area contributed by atoms with Crippen molar-refractivity contribution in [1.29, 1.82) is 0 Å². The van der Waals surface area contributed by atoms with E-state index < -0.39 is 52.3 Å². The smallest absolute Gasteiger partial charge is 0.369 e. The van der Waals surface area contributed by atoms with Crippen molar-refractivity contribution < 1.29 is 49.7 Å². The van der Waals surface area contributed by atoms with Crippen LogP contribution in [0.5, 0.6) is 0 Å². The van der Waals surface area contributed by atoms with E-state index >= 15 is 0 Å². The van der Waals surface area contributed by atoms with Crippen LogP contribution in [0.3, 0.4) is 0 Å². The fourth-order valence-corrected chi connectivity index (χ4v) is 5.26. The van der Waals surface area contributed by atoms with Crippen LogP contribution in [-0.2, 0) is 32.6 Å². The molecule has 0 aromatic heterocycles. The van der Waals surface area contributed by atoms with Crippen LogP contribution >= 0.6 is 0 Å². The van der Waals surface area contributed by atoms with Crippen molar-refractivity contribution in [2.24, 2.45) is 0 Å². The first-order valence-electron chi connectivity index (χ1n) is 10.4. The molecule has 0 aliphatic carbocycles. The number of hydroxylamine groups is 2. The van der Waals surface area contributed by atoms with Gasteiger partial charge in [-0.05, 0) is 48.7 Å². The van der Waals surface area contributed by atoms with Gasteiger partial charge in [0.2, 0.25) is 5.91 Å². The number of aliphatic hydroxyl groups is 1. The number of alkyl halides is 6. The van der Waals surface area contributed by atoms with Gasteiger partial charge in [0.1, 0.15) is 5.82 Å². The van der Waals surface area contributed by atoms with Crippen LogP contribution in [0.1, 0.15) is 24.0 Å². The normalized spacial score (nSPS) is 17.5. The zero-order valence-corrected chi connectivity index (χ0v) is 19.7. The second-order valence-corrected chi connectivity index (χ2v) is 9.41. The Hall–Kier alpha value is -2.71. The van der Waals surface area contributed by atoms with Crippen molar-refractivity contribution in [2.75, 3.05) is 18.5 Å². The molecule has 3 rings (SSSR count). The third-order valence-electron chi connectivity index (χ3n) is 5.86. The molecule has 0 saturated carbocycles. The van der Waals surface area contributed by atoms with Gasteiger partial charge >= 0.3 is 12.4 Å². The van der Waals surface area contributed by atoms with E-state index in [4.69, 9.17) is 4.84 Å². The van der Waals surface area contributed by atoms with Crippen molar-refractivity contribution in [3.8, 4) is 0 Å². The van der Waals surface area contributed by atoms with E-state index in [1.807, 2.05) is 0 Å². The molecule has 1 heterocycles. The Morgan fingerprint density at radius 3 is 2.22 bits per heavy atom. The largest absolute Gasteiger partial charge is 0.430 e. The summed E-state index contributed by atoms with van der Waals surface area (Å²) in [6.07, 6.45) is -12.4. The molecule has 0 spiro atoms. The first-order chi connectivity index (χ1) is 16.6. The number of amides is 1. The Morgan fingerprint density at radius 2 is 1.69 bits per heavy atom. The van der Waals surface area contributed by atoms with Crippen LogP contribution < -0.4 is 4.31 Å². The summed E-state index contributed by atoms with van der Waals surface area (Å²) in [7, 11) is 0.463. The number of nitrogens with zero attached hydrogens (tertiary/aromatic N) is 2. The Bertz CT molecular complexity index is 1120. The number of halogens is 7. The number of carbonyl (C=O) groups excluding carboxylic acids is 1. The molecule has 1 unspecified atom stereocenters. The van der Waals surface area contributed by atoms with E-state index in [2.05, 4.69) is 0 Å². The van der Waals surface area contributed by atoms with Gasteiger partial charge in [0.25, 0.3) is 5.60 Å². The predicted octanol–water partition coefficient (Wildman–Crippen LogP) is 4.39. The minimum Gasteiger partial charge on any atom is -0.369 e. The molecule has 1 aliphatic heterocycles. The lowest BCUT2D eigenvalue weighted by Gasteiger charge is -2.39. The number of anilines is 1. The molecule has 0 radical (unpaired) electrons. The van der Waals surface area contributed by atoms with Crippen LogP contribution in [0.25, 0.3) is 0 Å². The lowest BCUT2D eigenvalue weighted by Crippen LogP contribution is -2.54. The number of fused-ring (bicyclic) bond motifs is 1. The van der Waals surface area contributed by atoms with Crippen LogP contribution in [0, 0.1) is 5.82 Å². The Kier molecular flexibility index (Phi) is 7.72. The van der Waals surface area contributed by atoms with Gasteiger partial charge in [-0.25, -0.2) is 13.7 Å². The average Bonchev–Trinajstić information content (AvgIpc) is 2.81. The second-order valence-electron chi connectivity index (χ2n) is 8.05. The van der Waals surface area contributed by atoms with Gasteiger partial charge in [-0.1, -0.05) is 12.1 Å². The Balaban J connectivity index is 2.11. The maximum Gasteiger partial charge on any atom is 0.430 e. The Morgan fingerprint density at radius 1 is 1.11 bits per heavy atom. The van der Waals surface area contributed by atoms with Gasteiger partial charge in [0.05, 0.1) is 30.2 Å². The van der Waals surface area contributed by atoms with Gasteiger partial charge in [-0.2, -0.15) is 26.3 Å². The summed E-state index contributed by atoms with van der Waals surface area (Å²) in [6, 6.07) is 5.62. The van der Waals surface area contributed by atoms with Gasteiger partial charge in [0.15, 0.2) is 11.0 Å². The highest BCUT2D eigenvalue weighted by atomic mass is 32.2. The van der Waals surface area contributed by atoms with Crippen molar-refractivity contribution in [3.63, 3.8) is 0 Å². The zero-order valence-electron chi connectivity index (χ0n) is 18.9. The highest BCUT2D eigenvalue weighted by Gasteiger charge is 2.71. The molecule has 2 aromatic rings. The fourth-order valence-electron chi connectivity index (χ4n) is 3.86. The third kappa shape index (κ3) is 5.06. The molecule has 198 valence electrons. The van der Waals surface area contributed by atoms with Crippen LogP contribution in [0.2, 0.25) is 0 Å². The molecule has 1 amide bonds. The summed E-state index contributed by atoms with van der Waals surface area (Å²) in [5.74, 6) is -1.14. The lowest BCUT2D eigenvalue weighted by atomic mass is 9.87. The van der Waals surface area contributed by atoms with E-state index in [1.54, 1.807) is 0 Å². The third-order valence-corrected chi connectivity index (χ3v) is 7.39. The molecule has 1 aliphatic rings. The van der Waals surface area contributed by atoms with Crippen LogP contribution in [0.15, 0.2) is 47.4 Å². The van der Waals surface area contributed by atoms with E-state index in [1.165, 1.54) is 30.6 Å². The van der Waals surface area contributed by atoms with Gasteiger partial charge < -0.3 is 5.11 Å². The maximum absolute atomic E-state index is 13.5. The topological polar surface area (TPSA) is 70.1 Å². The maximum atomic E-state index is 13.5. The number of carbonyl (C=O) groups is 1. The number of hydrogen-bond acceptors (Lipinski definition) is 4. The summed E-state index contributed by atoms with van der Waals surface area (Å²) < 4.78 is 108. The molecule has 1 N–H and O–H groups in total. The van der Waals surface area contributed by atoms with Gasteiger partial charge in [-0.3, -0.25) is 13.9 Å². The average molecular weight is 542 g/mol. The van der Waals surface area contributed by atoms with Crippen LogP contribution in [-0.4, -0.2) is 52.8 Å². The fraction of sp³-hybridized carbons (Fsp3) is 0.409.